The maximum atomic E-state index is 12.6. The molecule has 0 saturated heterocycles. The highest BCUT2D eigenvalue weighted by atomic mass is 16.6. The molecule has 0 fully saturated rings. The highest BCUT2D eigenvalue weighted by molar-refractivity contribution is 5.97. The SMILES string of the molecule is Cc1ccc(O)cc1Nc1ccnc(Nc2cccc(C(=O)CCCN)c2)n1.Cc1ccc(O)cc1Nc1ccnc(Nc2cccc(C(=O)CCCNC(=O)OC(C)(C)C)c2)n1. The normalized spacial score (nSPS) is 10.8. The van der Waals surface area contributed by atoms with Crippen molar-refractivity contribution in [3.05, 3.63) is 132 Å². The lowest BCUT2D eigenvalue weighted by molar-refractivity contribution is 0.0525. The molecule has 0 bridgehead atoms. The zero-order valence-electron chi connectivity index (χ0n) is 36.0. The van der Waals surface area contributed by atoms with Gasteiger partial charge >= 0.3 is 6.09 Å². The molecule has 2 aromatic heterocycles. The average Bonchev–Trinajstić information content (AvgIpc) is 3.24. The smallest absolute Gasteiger partial charge is 0.407 e. The molecule has 0 radical (unpaired) electrons. The van der Waals surface area contributed by atoms with Gasteiger partial charge in [0.25, 0.3) is 0 Å². The first-order valence-electron chi connectivity index (χ1n) is 20.4. The first-order valence-corrected chi connectivity index (χ1v) is 20.4. The number of ether oxygens (including phenoxy) is 1. The fourth-order valence-corrected chi connectivity index (χ4v) is 5.85. The van der Waals surface area contributed by atoms with Gasteiger partial charge in [-0.25, -0.2) is 14.8 Å². The van der Waals surface area contributed by atoms with Crippen molar-refractivity contribution >= 4 is 63.9 Å². The lowest BCUT2D eigenvalue weighted by Crippen LogP contribution is -2.33. The Balaban J connectivity index is 0.000000243. The minimum Gasteiger partial charge on any atom is -0.508 e. The van der Waals surface area contributed by atoms with Crippen LogP contribution in [-0.2, 0) is 4.74 Å². The van der Waals surface area contributed by atoms with Crippen molar-refractivity contribution in [2.24, 2.45) is 5.73 Å². The summed E-state index contributed by atoms with van der Waals surface area (Å²) in [6, 6.07) is 28.0. The molecule has 0 aliphatic heterocycles. The Labute approximate surface area is 366 Å². The molecule has 328 valence electrons. The van der Waals surface area contributed by atoms with Gasteiger partial charge in [0.1, 0.15) is 28.7 Å². The number of ketones is 2. The van der Waals surface area contributed by atoms with Gasteiger partial charge in [-0.15, -0.1) is 0 Å². The molecule has 0 unspecified atom stereocenters. The molecule has 0 aliphatic rings. The number of phenols is 2. The number of amides is 1. The molecule has 2 heterocycles. The van der Waals surface area contributed by atoms with Crippen molar-refractivity contribution in [1.82, 2.24) is 25.3 Å². The Morgan fingerprint density at radius 3 is 1.57 bits per heavy atom. The van der Waals surface area contributed by atoms with Crippen LogP contribution < -0.4 is 32.3 Å². The Bertz CT molecular complexity index is 2510. The van der Waals surface area contributed by atoms with Gasteiger partial charge in [0.05, 0.1) is 0 Å². The molecule has 63 heavy (non-hydrogen) atoms. The van der Waals surface area contributed by atoms with E-state index in [9.17, 15) is 24.6 Å². The molecule has 6 aromatic rings. The third-order valence-corrected chi connectivity index (χ3v) is 9.02. The molecule has 4 aromatic carbocycles. The predicted octanol–water partition coefficient (Wildman–Crippen LogP) is 9.36. The van der Waals surface area contributed by atoms with Crippen LogP contribution in [0.4, 0.5) is 51.1 Å². The van der Waals surface area contributed by atoms with Gasteiger partial charge in [-0.1, -0.05) is 36.4 Å². The second-order valence-electron chi connectivity index (χ2n) is 15.5. The standard InChI is InChI=1S/C26H31N5O4.C21H23N5O2/c1-17-10-11-20(32)16-21(17)30-23-12-14-27-24(31-23)29-19-8-5-7-18(15-19)22(33)9-6-13-28-25(34)35-26(2,3)4;1-14-7-8-17(27)13-18(14)25-20-9-11-23-21(26-20)24-16-5-2-4-15(12-16)19(28)6-3-10-22/h5,7-8,10-12,14-16,32H,6,9,13H2,1-4H3,(H,28,34)(H2,27,29,30,31);2,4-5,7-9,11-13,27H,3,6,10,22H2,1H3,(H2,23,24,25,26). The summed E-state index contributed by atoms with van der Waals surface area (Å²) < 4.78 is 5.18. The van der Waals surface area contributed by atoms with Gasteiger partial charge in [-0.2, -0.15) is 9.97 Å². The van der Waals surface area contributed by atoms with Crippen molar-refractivity contribution in [3.63, 3.8) is 0 Å². The summed E-state index contributed by atoms with van der Waals surface area (Å²) in [5, 5.41) is 34.6. The van der Waals surface area contributed by atoms with Crippen LogP contribution in [-0.4, -0.2) is 66.5 Å². The minimum absolute atomic E-state index is 0.0321. The third kappa shape index (κ3) is 15.4. The van der Waals surface area contributed by atoms with Crippen molar-refractivity contribution in [3.8, 4) is 11.5 Å². The molecule has 0 spiro atoms. The van der Waals surface area contributed by atoms with Gasteiger partial charge in [-0.05, 0) is 114 Å². The molecule has 16 heteroatoms. The van der Waals surface area contributed by atoms with Crippen LogP contribution >= 0.6 is 0 Å². The second kappa shape index (κ2) is 22.3. The van der Waals surface area contributed by atoms with E-state index in [0.29, 0.717) is 79.1 Å². The van der Waals surface area contributed by atoms with Crippen LogP contribution in [0.3, 0.4) is 0 Å². The summed E-state index contributed by atoms with van der Waals surface area (Å²) >= 11 is 0. The maximum Gasteiger partial charge on any atom is 0.407 e. The molecular formula is C47H54N10O6. The fraction of sp³-hybridized carbons (Fsp3) is 0.255. The van der Waals surface area contributed by atoms with E-state index in [2.05, 4.69) is 46.5 Å². The first-order chi connectivity index (χ1) is 30.1. The maximum absolute atomic E-state index is 12.6. The number of carbonyl (C=O) groups excluding carboxylic acids is 3. The number of aromatic hydroxyl groups is 2. The van der Waals surface area contributed by atoms with Gasteiger partial charge in [0.15, 0.2) is 11.6 Å². The van der Waals surface area contributed by atoms with E-state index in [1.165, 1.54) is 0 Å². The van der Waals surface area contributed by atoms with E-state index < -0.39 is 11.7 Å². The van der Waals surface area contributed by atoms with Crippen molar-refractivity contribution in [2.45, 2.75) is 65.9 Å². The number of phenolic OH excluding ortho intramolecular Hbond substituents is 2. The number of carbonyl (C=O) groups is 3. The third-order valence-electron chi connectivity index (χ3n) is 9.02. The van der Waals surface area contributed by atoms with Gasteiger partial charge in [-0.3, -0.25) is 9.59 Å². The molecule has 6 rings (SSSR count). The number of Topliss-reactive ketones (excluding diaryl/α,β-unsaturated/α-hetero) is 2. The second-order valence-corrected chi connectivity index (χ2v) is 15.5. The number of hydrogen-bond donors (Lipinski definition) is 8. The van der Waals surface area contributed by atoms with Crippen LogP contribution in [0.1, 0.15) is 78.3 Å². The molecule has 0 atom stereocenters. The summed E-state index contributed by atoms with van der Waals surface area (Å²) in [5.74, 6) is 2.26. The van der Waals surface area contributed by atoms with Crippen LogP contribution in [0.15, 0.2) is 109 Å². The topological polar surface area (TPSA) is 239 Å². The molecule has 0 saturated carbocycles. The number of nitrogens with one attached hydrogen (secondary N) is 5. The summed E-state index contributed by atoms with van der Waals surface area (Å²) in [6.07, 6.45) is 4.64. The lowest BCUT2D eigenvalue weighted by Gasteiger charge is -2.19. The first kappa shape index (κ1) is 46.5. The molecule has 16 nitrogen and oxygen atoms in total. The predicted molar refractivity (Wildman–Crippen MR) is 246 cm³/mol. The van der Waals surface area contributed by atoms with Crippen molar-refractivity contribution in [1.29, 1.82) is 0 Å². The largest absolute Gasteiger partial charge is 0.508 e. The van der Waals surface area contributed by atoms with E-state index in [4.69, 9.17) is 10.5 Å². The Kier molecular flexibility index (Phi) is 16.5. The number of benzene rings is 4. The summed E-state index contributed by atoms with van der Waals surface area (Å²) in [5.41, 5.74) is 10.9. The number of nitrogens with zero attached hydrogens (tertiary/aromatic N) is 4. The molecular weight excluding hydrogens is 801 g/mol. The zero-order valence-corrected chi connectivity index (χ0v) is 36.0. The van der Waals surface area contributed by atoms with Gasteiger partial charge in [0.2, 0.25) is 11.9 Å². The number of anilines is 8. The minimum atomic E-state index is -0.559. The summed E-state index contributed by atoms with van der Waals surface area (Å²) in [6.45, 7) is 10.1. The molecule has 9 N–H and O–H groups in total. The van der Waals surface area contributed by atoms with E-state index in [1.807, 2.05) is 44.2 Å². The number of hydrogen-bond acceptors (Lipinski definition) is 15. The fourth-order valence-electron chi connectivity index (χ4n) is 5.85. The zero-order chi connectivity index (χ0) is 45.4. The Hall–Kier alpha value is -7.59. The number of rotatable bonds is 17. The Morgan fingerprint density at radius 1 is 0.635 bits per heavy atom. The molecule has 0 aliphatic carbocycles. The van der Waals surface area contributed by atoms with Crippen LogP contribution in [0.2, 0.25) is 0 Å². The van der Waals surface area contributed by atoms with E-state index in [0.717, 1.165) is 28.2 Å². The Morgan fingerprint density at radius 2 is 1.11 bits per heavy atom. The monoisotopic (exact) mass is 854 g/mol. The van der Waals surface area contributed by atoms with Gasteiger partial charge < -0.3 is 47.3 Å². The summed E-state index contributed by atoms with van der Waals surface area (Å²) in [4.78, 5) is 53.9. The van der Waals surface area contributed by atoms with Crippen LogP contribution in [0, 0.1) is 13.8 Å². The van der Waals surface area contributed by atoms with Crippen molar-refractivity contribution in [2.75, 3.05) is 34.4 Å². The number of aromatic nitrogens is 4. The van der Waals surface area contributed by atoms with E-state index in [-0.39, 0.29) is 23.1 Å². The highest BCUT2D eigenvalue weighted by Crippen LogP contribution is 2.26. The van der Waals surface area contributed by atoms with Crippen molar-refractivity contribution < 1.29 is 29.3 Å². The van der Waals surface area contributed by atoms with Crippen LogP contribution in [0.25, 0.3) is 0 Å². The number of alkyl carbamates (subject to hydrolysis) is 1. The number of nitrogens with two attached hydrogens (primary N) is 1. The van der Waals surface area contributed by atoms with E-state index in [1.54, 1.807) is 99.9 Å². The molecule has 1 amide bonds. The van der Waals surface area contributed by atoms with E-state index >= 15 is 0 Å². The quantitative estimate of drug-likeness (QED) is 0.0315. The number of aryl methyl sites for hydroxylation is 2. The highest BCUT2D eigenvalue weighted by Gasteiger charge is 2.16. The van der Waals surface area contributed by atoms with Gasteiger partial charge in [0, 0.05) is 77.8 Å². The van der Waals surface area contributed by atoms with Crippen LogP contribution in [0.5, 0.6) is 11.5 Å². The average molecular weight is 855 g/mol. The summed E-state index contributed by atoms with van der Waals surface area (Å²) in [7, 11) is 0. The lowest BCUT2D eigenvalue weighted by atomic mass is 10.1.